The molecule has 8 heteroatoms. The number of para-hydroxylation sites is 1. The van der Waals surface area contributed by atoms with Crippen molar-refractivity contribution in [1.29, 1.82) is 0 Å². The first-order chi connectivity index (χ1) is 13.4. The standard InChI is InChI=1S/C20H29N3O4S/c1-4-21-19(23-14-20(28(3,24)25)9-11-26-12-10-20)22-13-18-15(2)16-7-5-6-8-17(16)27-18/h5-8H,4,9-14H2,1-3H3,(H2,21,22,23). The summed E-state index contributed by atoms with van der Waals surface area (Å²) in [6.45, 7) is 6.29. The molecular weight excluding hydrogens is 378 g/mol. The van der Waals surface area contributed by atoms with Gasteiger partial charge in [-0.1, -0.05) is 18.2 Å². The SMILES string of the molecule is CCNC(=NCc1oc2ccccc2c1C)NCC1(S(C)(=O)=O)CCOCC1. The molecule has 28 heavy (non-hydrogen) atoms. The van der Waals surface area contributed by atoms with Crippen molar-refractivity contribution in [1.82, 2.24) is 10.6 Å². The van der Waals surface area contributed by atoms with Crippen molar-refractivity contribution in [3.8, 4) is 0 Å². The quantitative estimate of drug-likeness (QED) is 0.564. The van der Waals surface area contributed by atoms with Crippen LogP contribution in [0, 0.1) is 6.92 Å². The Labute approximate surface area is 166 Å². The van der Waals surface area contributed by atoms with E-state index < -0.39 is 14.6 Å². The number of guanidine groups is 1. The monoisotopic (exact) mass is 407 g/mol. The molecule has 0 spiro atoms. The fourth-order valence-corrected chi connectivity index (χ4v) is 4.78. The zero-order chi connectivity index (χ0) is 20.2. The van der Waals surface area contributed by atoms with Crippen LogP contribution in [0.25, 0.3) is 11.0 Å². The van der Waals surface area contributed by atoms with Crippen LogP contribution in [0.15, 0.2) is 33.7 Å². The highest BCUT2D eigenvalue weighted by Crippen LogP contribution is 2.29. The van der Waals surface area contributed by atoms with Gasteiger partial charge < -0.3 is 19.8 Å². The zero-order valence-corrected chi connectivity index (χ0v) is 17.6. The van der Waals surface area contributed by atoms with E-state index >= 15 is 0 Å². The lowest BCUT2D eigenvalue weighted by Crippen LogP contribution is -2.53. The molecule has 2 heterocycles. The summed E-state index contributed by atoms with van der Waals surface area (Å²) in [5, 5.41) is 7.50. The molecule has 0 bridgehead atoms. The number of hydrogen-bond donors (Lipinski definition) is 2. The predicted octanol–water partition coefficient (Wildman–Crippen LogP) is 2.39. The van der Waals surface area contributed by atoms with Crippen LogP contribution in [-0.2, 0) is 21.1 Å². The number of furan rings is 1. The smallest absolute Gasteiger partial charge is 0.191 e. The van der Waals surface area contributed by atoms with Gasteiger partial charge in [-0.15, -0.1) is 0 Å². The lowest BCUT2D eigenvalue weighted by atomic mass is 9.99. The zero-order valence-electron chi connectivity index (χ0n) is 16.7. The first-order valence-electron chi connectivity index (χ1n) is 9.63. The minimum atomic E-state index is -3.23. The summed E-state index contributed by atoms with van der Waals surface area (Å²) >= 11 is 0. The third-order valence-corrected chi connectivity index (χ3v) is 7.56. The normalized spacial score (nSPS) is 17.6. The average Bonchev–Trinajstić information content (AvgIpc) is 3.00. The highest BCUT2D eigenvalue weighted by molar-refractivity contribution is 7.92. The number of benzene rings is 1. The Balaban J connectivity index is 1.76. The molecule has 1 fully saturated rings. The molecule has 1 aromatic heterocycles. The summed E-state index contributed by atoms with van der Waals surface area (Å²) in [4.78, 5) is 4.61. The van der Waals surface area contributed by atoms with Crippen LogP contribution in [0.1, 0.15) is 31.1 Å². The molecule has 1 aliphatic heterocycles. The average molecular weight is 408 g/mol. The predicted molar refractivity (Wildman–Crippen MR) is 111 cm³/mol. The van der Waals surface area contributed by atoms with E-state index in [0.29, 0.717) is 51.6 Å². The molecule has 2 N–H and O–H groups in total. The molecule has 1 saturated heterocycles. The number of ether oxygens (including phenoxy) is 1. The molecule has 7 nitrogen and oxygen atoms in total. The Kier molecular flexibility index (Phi) is 6.30. The molecule has 0 amide bonds. The lowest BCUT2D eigenvalue weighted by Gasteiger charge is -2.35. The minimum Gasteiger partial charge on any atom is -0.459 e. The van der Waals surface area contributed by atoms with Gasteiger partial charge in [-0.25, -0.2) is 13.4 Å². The summed E-state index contributed by atoms with van der Waals surface area (Å²) in [6, 6.07) is 7.91. The lowest BCUT2D eigenvalue weighted by molar-refractivity contribution is 0.0756. The van der Waals surface area contributed by atoms with E-state index in [0.717, 1.165) is 22.3 Å². The largest absolute Gasteiger partial charge is 0.459 e. The summed E-state index contributed by atoms with van der Waals surface area (Å²) < 4.78 is 35.3. The second kappa shape index (κ2) is 8.53. The molecule has 0 atom stereocenters. The Hall–Kier alpha value is -2.06. The first kappa shape index (κ1) is 20.7. The van der Waals surface area contributed by atoms with E-state index in [2.05, 4.69) is 15.6 Å². The maximum Gasteiger partial charge on any atom is 0.191 e. The summed E-state index contributed by atoms with van der Waals surface area (Å²) in [5.74, 6) is 1.39. The van der Waals surface area contributed by atoms with Crippen LogP contribution in [0.3, 0.4) is 0 Å². The number of rotatable bonds is 6. The van der Waals surface area contributed by atoms with E-state index in [4.69, 9.17) is 9.15 Å². The molecule has 2 aromatic rings. The summed E-state index contributed by atoms with van der Waals surface area (Å²) in [7, 11) is -3.23. The molecule has 0 radical (unpaired) electrons. The molecule has 0 saturated carbocycles. The van der Waals surface area contributed by atoms with Crippen molar-refractivity contribution in [3.05, 3.63) is 35.6 Å². The van der Waals surface area contributed by atoms with E-state index in [9.17, 15) is 8.42 Å². The number of sulfone groups is 1. The van der Waals surface area contributed by atoms with E-state index in [1.807, 2.05) is 38.1 Å². The molecule has 1 aliphatic rings. The Bertz CT molecular complexity index is 944. The third-order valence-electron chi connectivity index (χ3n) is 5.44. The fraction of sp³-hybridized carbons (Fsp3) is 0.550. The van der Waals surface area contributed by atoms with Crippen LogP contribution in [-0.4, -0.2) is 51.7 Å². The number of nitrogens with zero attached hydrogens (tertiary/aromatic N) is 1. The van der Waals surface area contributed by atoms with Gasteiger partial charge in [0.25, 0.3) is 0 Å². The van der Waals surface area contributed by atoms with E-state index in [1.54, 1.807) is 0 Å². The second-order valence-corrected chi connectivity index (χ2v) is 9.67. The maximum absolute atomic E-state index is 12.4. The van der Waals surface area contributed by atoms with Gasteiger partial charge in [0.1, 0.15) is 17.9 Å². The number of hydrogen-bond acceptors (Lipinski definition) is 5. The Morgan fingerprint density at radius 3 is 2.57 bits per heavy atom. The van der Waals surface area contributed by atoms with Gasteiger partial charge in [0.2, 0.25) is 0 Å². The van der Waals surface area contributed by atoms with Crippen LogP contribution in [0.4, 0.5) is 0 Å². The topological polar surface area (TPSA) is 92.9 Å². The van der Waals surface area contributed by atoms with E-state index in [-0.39, 0.29) is 0 Å². The molecule has 0 unspecified atom stereocenters. The van der Waals surface area contributed by atoms with Crippen molar-refractivity contribution in [3.63, 3.8) is 0 Å². The summed E-state index contributed by atoms with van der Waals surface area (Å²) in [5.41, 5.74) is 1.92. The van der Waals surface area contributed by atoms with Crippen molar-refractivity contribution in [2.45, 2.75) is 38.0 Å². The van der Waals surface area contributed by atoms with Gasteiger partial charge in [0.15, 0.2) is 15.8 Å². The van der Waals surface area contributed by atoms with Crippen LogP contribution in [0.2, 0.25) is 0 Å². The van der Waals surface area contributed by atoms with Crippen molar-refractivity contribution >= 4 is 26.8 Å². The number of fused-ring (bicyclic) bond motifs is 1. The van der Waals surface area contributed by atoms with Crippen LogP contribution < -0.4 is 10.6 Å². The van der Waals surface area contributed by atoms with Gasteiger partial charge in [-0.3, -0.25) is 0 Å². The molecule has 154 valence electrons. The highest BCUT2D eigenvalue weighted by Gasteiger charge is 2.42. The Morgan fingerprint density at radius 1 is 1.21 bits per heavy atom. The van der Waals surface area contributed by atoms with Crippen molar-refractivity contribution < 1.29 is 17.6 Å². The maximum atomic E-state index is 12.4. The van der Waals surface area contributed by atoms with Crippen LogP contribution in [0.5, 0.6) is 0 Å². The number of nitrogens with one attached hydrogen (secondary N) is 2. The minimum absolute atomic E-state index is 0.306. The number of aliphatic imine (C=N–C) groups is 1. The molecule has 0 aliphatic carbocycles. The highest BCUT2D eigenvalue weighted by atomic mass is 32.2. The van der Waals surface area contributed by atoms with Crippen molar-refractivity contribution in [2.24, 2.45) is 4.99 Å². The third kappa shape index (κ3) is 4.33. The first-order valence-corrected chi connectivity index (χ1v) is 11.5. The molecular formula is C20H29N3O4S. The van der Waals surface area contributed by atoms with E-state index in [1.165, 1.54) is 6.26 Å². The van der Waals surface area contributed by atoms with Crippen LogP contribution >= 0.6 is 0 Å². The van der Waals surface area contributed by atoms with Gasteiger partial charge in [-0.05, 0) is 32.8 Å². The van der Waals surface area contributed by atoms with Gasteiger partial charge >= 0.3 is 0 Å². The molecule has 3 rings (SSSR count). The van der Waals surface area contributed by atoms with Gasteiger partial charge in [-0.2, -0.15) is 0 Å². The second-order valence-electron chi connectivity index (χ2n) is 7.26. The fourth-order valence-electron chi connectivity index (χ4n) is 3.54. The van der Waals surface area contributed by atoms with Crippen molar-refractivity contribution in [2.75, 3.05) is 32.6 Å². The van der Waals surface area contributed by atoms with Gasteiger partial charge in [0, 0.05) is 43.5 Å². The Morgan fingerprint density at radius 2 is 1.93 bits per heavy atom. The molecule has 1 aromatic carbocycles. The number of aryl methyl sites for hydroxylation is 1. The summed E-state index contributed by atoms with van der Waals surface area (Å²) in [6.07, 6.45) is 2.28. The van der Waals surface area contributed by atoms with Gasteiger partial charge in [0.05, 0.1) is 4.75 Å².